The van der Waals surface area contributed by atoms with Crippen LogP contribution in [-0.2, 0) is 11.2 Å². The van der Waals surface area contributed by atoms with Crippen molar-refractivity contribution in [2.45, 2.75) is 19.3 Å². The molecule has 1 aromatic rings. The summed E-state index contributed by atoms with van der Waals surface area (Å²) < 4.78 is 0. The molecule has 1 unspecified atom stereocenters. The second-order valence-corrected chi connectivity index (χ2v) is 3.90. The van der Waals surface area contributed by atoms with Gasteiger partial charge in [0.05, 0.1) is 0 Å². The number of carboxylic acid groups (broad SMARTS) is 1. The molecule has 17 heavy (non-hydrogen) atoms. The molecule has 90 valence electrons. The number of nitrogens with zero attached hydrogens (tertiary/aromatic N) is 3. The molecular formula is C12H15N3O2. The molecule has 0 saturated heterocycles. The Kier molecular flexibility index (Phi) is 5.61. The van der Waals surface area contributed by atoms with Crippen LogP contribution in [0.15, 0.2) is 35.4 Å². The van der Waals surface area contributed by atoms with E-state index in [0.717, 1.165) is 12.0 Å². The number of hydrogen-bond acceptors (Lipinski definition) is 2. The minimum atomic E-state index is -0.816. The summed E-state index contributed by atoms with van der Waals surface area (Å²) in [6, 6.07) is 9.80. The van der Waals surface area contributed by atoms with Crippen molar-refractivity contribution in [3.05, 3.63) is 46.3 Å². The first-order valence-corrected chi connectivity index (χ1v) is 5.49. The Morgan fingerprint density at radius 2 is 2.12 bits per heavy atom. The second-order valence-electron chi connectivity index (χ2n) is 3.90. The number of azide groups is 1. The zero-order chi connectivity index (χ0) is 12.5. The van der Waals surface area contributed by atoms with Crippen LogP contribution in [0.1, 0.15) is 18.4 Å². The third-order valence-corrected chi connectivity index (χ3v) is 2.54. The zero-order valence-electron chi connectivity index (χ0n) is 9.49. The fourth-order valence-electron chi connectivity index (χ4n) is 1.68. The summed E-state index contributed by atoms with van der Waals surface area (Å²) in [4.78, 5) is 13.2. The van der Waals surface area contributed by atoms with Gasteiger partial charge in [0.25, 0.3) is 0 Å². The van der Waals surface area contributed by atoms with Gasteiger partial charge in [-0.1, -0.05) is 35.4 Å². The Hall–Kier alpha value is -2.00. The minimum absolute atomic E-state index is 0.0874. The number of hydrogen-bond donors (Lipinski definition) is 1. The van der Waals surface area contributed by atoms with E-state index in [-0.39, 0.29) is 12.3 Å². The molecule has 0 saturated carbocycles. The molecule has 1 aromatic carbocycles. The average Bonchev–Trinajstić information content (AvgIpc) is 2.34. The molecule has 0 bridgehead atoms. The molecule has 1 N–H and O–H groups in total. The van der Waals surface area contributed by atoms with E-state index < -0.39 is 5.97 Å². The second kappa shape index (κ2) is 7.30. The highest BCUT2D eigenvalue weighted by atomic mass is 16.4. The van der Waals surface area contributed by atoms with E-state index >= 15 is 0 Å². The summed E-state index contributed by atoms with van der Waals surface area (Å²) in [7, 11) is 0. The van der Waals surface area contributed by atoms with E-state index in [1.54, 1.807) is 0 Å². The van der Waals surface area contributed by atoms with Crippen molar-refractivity contribution in [3.8, 4) is 0 Å². The molecule has 0 fully saturated rings. The third kappa shape index (κ3) is 5.58. The Balaban J connectivity index is 2.56. The fourth-order valence-corrected chi connectivity index (χ4v) is 1.68. The van der Waals surface area contributed by atoms with E-state index in [1.165, 1.54) is 0 Å². The number of carboxylic acids is 1. The maximum atomic E-state index is 10.5. The molecule has 1 atom stereocenters. The molecule has 0 aliphatic rings. The summed E-state index contributed by atoms with van der Waals surface area (Å²) in [5.41, 5.74) is 9.44. The van der Waals surface area contributed by atoms with Crippen LogP contribution in [0, 0.1) is 5.92 Å². The van der Waals surface area contributed by atoms with Gasteiger partial charge in [-0.2, -0.15) is 0 Å². The molecule has 5 nitrogen and oxygen atoms in total. The first-order valence-electron chi connectivity index (χ1n) is 5.49. The van der Waals surface area contributed by atoms with Crippen LogP contribution >= 0.6 is 0 Å². The van der Waals surface area contributed by atoms with Crippen LogP contribution in [0.3, 0.4) is 0 Å². The first-order chi connectivity index (χ1) is 8.22. The van der Waals surface area contributed by atoms with Gasteiger partial charge in [0.2, 0.25) is 0 Å². The van der Waals surface area contributed by atoms with Crippen LogP contribution in [-0.4, -0.2) is 17.6 Å². The van der Waals surface area contributed by atoms with Gasteiger partial charge in [0.1, 0.15) is 0 Å². The minimum Gasteiger partial charge on any atom is -0.481 e. The first kappa shape index (κ1) is 13.1. The number of aliphatic carboxylic acids is 1. The Morgan fingerprint density at radius 3 is 2.71 bits per heavy atom. The lowest BCUT2D eigenvalue weighted by Gasteiger charge is -2.13. The zero-order valence-corrected chi connectivity index (χ0v) is 9.49. The lowest BCUT2D eigenvalue weighted by Crippen LogP contribution is -2.10. The predicted octanol–water partition coefficient (Wildman–Crippen LogP) is 3.02. The maximum Gasteiger partial charge on any atom is 0.303 e. The summed E-state index contributed by atoms with van der Waals surface area (Å²) in [5.74, 6) is -0.728. The van der Waals surface area contributed by atoms with Crippen LogP contribution < -0.4 is 0 Å². The summed E-state index contributed by atoms with van der Waals surface area (Å²) >= 11 is 0. The van der Waals surface area contributed by atoms with Gasteiger partial charge < -0.3 is 5.11 Å². The largest absolute Gasteiger partial charge is 0.481 e. The topological polar surface area (TPSA) is 86.1 Å². The van der Waals surface area contributed by atoms with E-state index in [4.69, 9.17) is 10.6 Å². The van der Waals surface area contributed by atoms with Gasteiger partial charge in [0.15, 0.2) is 0 Å². The smallest absolute Gasteiger partial charge is 0.303 e. The Bertz CT molecular complexity index is 399. The van der Waals surface area contributed by atoms with E-state index in [1.807, 2.05) is 30.3 Å². The Morgan fingerprint density at radius 1 is 1.41 bits per heavy atom. The molecule has 0 radical (unpaired) electrons. The third-order valence-electron chi connectivity index (χ3n) is 2.54. The summed E-state index contributed by atoms with van der Waals surface area (Å²) in [6.07, 6.45) is 1.38. The highest BCUT2D eigenvalue weighted by Crippen LogP contribution is 2.15. The standard InChI is InChI=1S/C12H15N3O2/c13-15-14-9-11(6-7-12(16)17)8-10-4-2-1-3-5-10/h1-5,11H,6-9H2,(H,16,17). The van der Waals surface area contributed by atoms with E-state index in [2.05, 4.69) is 10.0 Å². The van der Waals surface area contributed by atoms with E-state index in [0.29, 0.717) is 13.0 Å². The van der Waals surface area contributed by atoms with Crippen molar-refractivity contribution in [1.29, 1.82) is 0 Å². The SMILES string of the molecule is [N-]=[N+]=NCC(CCC(=O)O)Cc1ccccc1. The molecule has 5 heteroatoms. The Labute approximate surface area is 99.7 Å². The van der Waals surface area contributed by atoms with Crippen molar-refractivity contribution >= 4 is 5.97 Å². The van der Waals surface area contributed by atoms with Gasteiger partial charge in [-0.3, -0.25) is 4.79 Å². The summed E-state index contributed by atoms with van der Waals surface area (Å²) in [6.45, 7) is 0.346. The summed E-state index contributed by atoms with van der Waals surface area (Å²) in [5, 5.41) is 12.2. The molecule has 0 amide bonds. The van der Waals surface area contributed by atoms with Crippen LogP contribution in [0.2, 0.25) is 0 Å². The molecule has 0 aliphatic carbocycles. The van der Waals surface area contributed by atoms with Crippen molar-refractivity contribution < 1.29 is 9.90 Å². The number of rotatable bonds is 7. The molecule has 0 aromatic heterocycles. The van der Waals surface area contributed by atoms with Gasteiger partial charge >= 0.3 is 5.97 Å². The predicted molar refractivity (Wildman–Crippen MR) is 64.5 cm³/mol. The van der Waals surface area contributed by atoms with Gasteiger partial charge in [-0.25, -0.2) is 0 Å². The highest BCUT2D eigenvalue weighted by molar-refractivity contribution is 5.66. The van der Waals surface area contributed by atoms with Crippen LogP contribution in [0.25, 0.3) is 10.4 Å². The van der Waals surface area contributed by atoms with Crippen LogP contribution in [0.5, 0.6) is 0 Å². The van der Waals surface area contributed by atoms with E-state index in [9.17, 15) is 4.79 Å². The van der Waals surface area contributed by atoms with Crippen molar-refractivity contribution in [2.75, 3.05) is 6.54 Å². The molecule has 0 aliphatic heterocycles. The molecule has 0 heterocycles. The van der Waals surface area contributed by atoms with Gasteiger partial charge in [-0.15, -0.1) is 0 Å². The van der Waals surface area contributed by atoms with Crippen molar-refractivity contribution in [2.24, 2.45) is 11.0 Å². The quantitative estimate of drug-likeness (QED) is 0.446. The molecular weight excluding hydrogens is 218 g/mol. The van der Waals surface area contributed by atoms with Gasteiger partial charge in [-0.05, 0) is 29.9 Å². The lowest BCUT2D eigenvalue weighted by atomic mass is 9.95. The molecule has 0 spiro atoms. The highest BCUT2D eigenvalue weighted by Gasteiger charge is 2.10. The van der Waals surface area contributed by atoms with Crippen LogP contribution in [0.4, 0.5) is 0 Å². The molecule has 1 rings (SSSR count). The maximum absolute atomic E-state index is 10.5. The number of benzene rings is 1. The van der Waals surface area contributed by atoms with Crippen molar-refractivity contribution in [3.63, 3.8) is 0 Å². The number of carbonyl (C=O) groups is 1. The monoisotopic (exact) mass is 233 g/mol. The normalized spacial score (nSPS) is 11.5. The van der Waals surface area contributed by atoms with Gasteiger partial charge in [0, 0.05) is 17.9 Å². The fraction of sp³-hybridized carbons (Fsp3) is 0.417. The van der Waals surface area contributed by atoms with Crippen molar-refractivity contribution in [1.82, 2.24) is 0 Å². The average molecular weight is 233 g/mol. The lowest BCUT2D eigenvalue weighted by molar-refractivity contribution is -0.137.